The molecule has 0 bridgehead atoms. The Balaban J connectivity index is 0.00000243. The van der Waals surface area contributed by atoms with Crippen molar-refractivity contribution in [2.75, 3.05) is 44.6 Å². The number of para-hydroxylation sites is 1. The van der Waals surface area contributed by atoms with Gasteiger partial charge in [-0.1, -0.05) is 18.2 Å². The largest absolute Gasteiger partial charge is 0.340 e. The van der Waals surface area contributed by atoms with Crippen molar-refractivity contribution in [2.45, 2.75) is 25.8 Å². The fourth-order valence-corrected chi connectivity index (χ4v) is 3.67. The maximum atomic E-state index is 12.7. The number of nitrogens with zero attached hydrogens (tertiary/aromatic N) is 2. The normalized spacial score (nSPS) is 23.8. The third-order valence-corrected chi connectivity index (χ3v) is 5.08. The first-order valence-electron chi connectivity index (χ1n) is 9.21. The van der Waals surface area contributed by atoms with Crippen molar-refractivity contribution in [1.82, 2.24) is 15.1 Å². The number of benzene rings is 1. The lowest BCUT2D eigenvalue weighted by molar-refractivity contribution is -0.138. The molecule has 0 unspecified atom stereocenters. The molecule has 144 valence electrons. The summed E-state index contributed by atoms with van der Waals surface area (Å²) in [6, 6.07) is 9.92. The van der Waals surface area contributed by atoms with Crippen LogP contribution < -0.4 is 10.6 Å². The number of anilines is 1. The van der Waals surface area contributed by atoms with E-state index < -0.39 is 0 Å². The van der Waals surface area contributed by atoms with Crippen LogP contribution in [0.3, 0.4) is 0 Å². The number of hydrogen-bond acceptors (Lipinski definition) is 4. The highest BCUT2D eigenvalue weighted by Gasteiger charge is 2.30. The molecule has 2 heterocycles. The zero-order valence-electron chi connectivity index (χ0n) is 15.3. The second kappa shape index (κ2) is 9.90. The van der Waals surface area contributed by atoms with Crippen LogP contribution in [0.1, 0.15) is 19.8 Å². The van der Waals surface area contributed by atoms with E-state index in [1.54, 1.807) is 0 Å². The molecular weight excluding hydrogens is 352 g/mol. The first kappa shape index (κ1) is 20.7. The molecule has 0 saturated carbocycles. The number of carbonyl (C=O) groups excluding carboxylic acids is 2. The Morgan fingerprint density at radius 2 is 1.85 bits per heavy atom. The van der Waals surface area contributed by atoms with Crippen molar-refractivity contribution in [2.24, 2.45) is 5.92 Å². The quantitative estimate of drug-likeness (QED) is 0.832. The minimum Gasteiger partial charge on any atom is -0.340 e. The number of halogens is 1. The number of piperidine rings is 1. The molecular formula is C19H29ClN4O2. The fraction of sp³-hybridized carbons (Fsp3) is 0.579. The Kier molecular flexibility index (Phi) is 7.87. The molecule has 0 spiro atoms. The van der Waals surface area contributed by atoms with Gasteiger partial charge >= 0.3 is 0 Å². The third kappa shape index (κ3) is 5.69. The number of carbonyl (C=O) groups is 2. The van der Waals surface area contributed by atoms with Gasteiger partial charge in [0.2, 0.25) is 11.8 Å². The molecule has 0 radical (unpaired) electrons. The minimum absolute atomic E-state index is 0. The topological polar surface area (TPSA) is 64.7 Å². The van der Waals surface area contributed by atoms with Crippen LogP contribution in [0.15, 0.2) is 30.3 Å². The van der Waals surface area contributed by atoms with Gasteiger partial charge in [0, 0.05) is 43.8 Å². The highest BCUT2D eigenvalue weighted by atomic mass is 35.5. The summed E-state index contributed by atoms with van der Waals surface area (Å²) in [7, 11) is 0. The van der Waals surface area contributed by atoms with Gasteiger partial charge in [-0.05, 0) is 38.4 Å². The highest BCUT2D eigenvalue weighted by Crippen LogP contribution is 2.19. The van der Waals surface area contributed by atoms with Gasteiger partial charge in [0.15, 0.2) is 0 Å². The van der Waals surface area contributed by atoms with E-state index in [0.29, 0.717) is 18.5 Å². The maximum Gasteiger partial charge on any atom is 0.238 e. The van der Waals surface area contributed by atoms with Gasteiger partial charge in [-0.2, -0.15) is 0 Å². The van der Waals surface area contributed by atoms with Gasteiger partial charge in [0.1, 0.15) is 0 Å². The predicted octanol–water partition coefficient (Wildman–Crippen LogP) is 1.58. The van der Waals surface area contributed by atoms with Crippen LogP contribution in [0, 0.1) is 5.92 Å². The van der Waals surface area contributed by atoms with E-state index in [4.69, 9.17) is 0 Å². The van der Waals surface area contributed by atoms with E-state index in [1.807, 2.05) is 35.2 Å². The molecule has 2 aliphatic heterocycles. The molecule has 2 aliphatic rings. The molecule has 7 heteroatoms. The van der Waals surface area contributed by atoms with Crippen LogP contribution in [0.4, 0.5) is 5.69 Å². The number of rotatable bonds is 4. The Labute approximate surface area is 161 Å². The molecule has 0 aromatic heterocycles. The summed E-state index contributed by atoms with van der Waals surface area (Å²) in [5, 5.41) is 6.31. The summed E-state index contributed by atoms with van der Waals surface area (Å²) in [5.74, 6) is 0.448. The summed E-state index contributed by atoms with van der Waals surface area (Å²) < 4.78 is 0. The molecule has 2 saturated heterocycles. The fourth-order valence-electron chi connectivity index (χ4n) is 3.67. The number of hydrogen-bond donors (Lipinski definition) is 2. The molecule has 26 heavy (non-hydrogen) atoms. The van der Waals surface area contributed by atoms with E-state index in [2.05, 4.69) is 22.5 Å². The van der Waals surface area contributed by atoms with E-state index in [9.17, 15) is 9.59 Å². The Hall–Kier alpha value is -1.63. The first-order valence-corrected chi connectivity index (χ1v) is 9.21. The molecule has 1 aromatic rings. The number of amides is 2. The van der Waals surface area contributed by atoms with Gasteiger partial charge in [0.25, 0.3) is 0 Å². The Morgan fingerprint density at radius 3 is 2.50 bits per heavy atom. The van der Waals surface area contributed by atoms with Crippen LogP contribution in [-0.2, 0) is 9.59 Å². The molecule has 3 rings (SSSR count). The molecule has 1 aromatic carbocycles. The molecule has 2 fully saturated rings. The van der Waals surface area contributed by atoms with Gasteiger partial charge < -0.3 is 15.5 Å². The van der Waals surface area contributed by atoms with Gasteiger partial charge in [-0.15, -0.1) is 12.4 Å². The minimum atomic E-state index is -0.00171. The second-order valence-corrected chi connectivity index (χ2v) is 7.09. The van der Waals surface area contributed by atoms with E-state index >= 15 is 0 Å². The van der Waals surface area contributed by atoms with E-state index in [1.165, 1.54) is 0 Å². The molecule has 6 nitrogen and oxygen atoms in total. The van der Waals surface area contributed by atoms with Gasteiger partial charge in [0.05, 0.1) is 6.54 Å². The van der Waals surface area contributed by atoms with Crippen molar-refractivity contribution in [3.63, 3.8) is 0 Å². The average Bonchev–Trinajstić information content (AvgIpc) is 2.62. The van der Waals surface area contributed by atoms with Gasteiger partial charge in [-0.25, -0.2) is 0 Å². The van der Waals surface area contributed by atoms with E-state index in [-0.39, 0.29) is 24.2 Å². The summed E-state index contributed by atoms with van der Waals surface area (Å²) in [6.07, 6.45) is 1.86. The van der Waals surface area contributed by atoms with Crippen molar-refractivity contribution >= 4 is 29.9 Å². The van der Waals surface area contributed by atoms with Crippen LogP contribution in [0.25, 0.3) is 0 Å². The average molecular weight is 381 g/mol. The zero-order valence-corrected chi connectivity index (χ0v) is 16.1. The monoisotopic (exact) mass is 380 g/mol. The third-order valence-electron chi connectivity index (χ3n) is 5.08. The first-order chi connectivity index (χ1) is 12.1. The van der Waals surface area contributed by atoms with Crippen molar-refractivity contribution < 1.29 is 9.59 Å². The number of piperazine rings is 1. The highest BCUT2D eigenvalue weighted by molar-refractivity contribution is 5.92. The molecule has 0 aliphatic carbocycles. The van der Waals surface area contributed by atoms with Crippen LogP contribution in [-0.4, -0.2) is 66.9 Å². The molecule has 2 atom stereocenters. The summed E-state index contributed by atoms with van der Waals surface area (Å²) >= 11 is 0. The van der Waals surface area contributed by atoms with Crippen molar-refractivity contribution in [3.05, 3.63) is 30.3 Å². The standard InChI is InChI=1S/C19H28N4O2.ClH/c1-15-13-16(7-8-20-15)19(25)23-11-9-22(10-12-23)14-18(24)21-17-5-3-2-4-6-17;/h2-6,15-16,20H,7-14H2,1H3,(H,21,24);1H/t15-,16-;/m0./s1. The molecule has 2 amide bonds. The smallest absolute Gasteiger partial charge is 0.238 e. The Bertz CT molecular complexity index is 590. The van der Waals surface area contributed by atoms with Crippen molar-refractivity contribution in [1.29, 1.82) is 0 Å². The van der Waals surface area contributed by atoms with Gasteiger partial charge in [-0.3, -0.25) is 14.5 Å². The molecule has 2 N–H and O–H groups in total. The van der Waals surface area contributed by atoms with Crippen molar-refractivity contribution in [3.8, 4) is 0 Å². The van der Waals surface area contributed by atoms with Crippen LogP contribution in [0.5, 0.6) is 0 Å². The maximum absolute atomic E-state index is 12.7. The summed E-state index contributed by atoms with van der Waals surface area (Å²) in [4.78, 5) is 28.9. The van der Waals surface area contributed by atoms with Crippen LogP contribution in [0.2, 0.25) is 0 Å². The van der Waals surface area contributed by atoms with Crippen LogP contribution >= 0.6 is 12.4 Å². The summed E-state index contributed by atoms with van der Waals surface area (Å²) in [5.41, 5.74) is 0.821. The van der Waals surface area contributed by atoms with E-state index in [0.717, 1.165) is 51.3 Å². The predicted molar refractivity (Wildman–Crippen MR) is 106 cm³/mol. The Morgan fingerprint density at radius 1 is 1.15 bits per heavy atom. The zero-order chi connectivity index (χ0) is 17.6. The summed E-state index contributed by atoms with van der Waals surface area (Å²) in [6.45, 7) is 6.40. The SMILES string of the molecule is C[C@H]1C[C@@H](C(=O)N2CCN(CC(=O)Nc3ccccc3)CC2)CCN1.Cl. The lowest BCUT2D eigenvalue weighted by Crippen LogP contribution is -2.53. The second-order valence-electron chi connectivity index (χ2n) is 7.09. The number of nitrogens with one attached hydrogen (secondary N) is 2. The lowest BCUT2D eigenvalue weighted by Gasteiger charge is -2.37. The lowest BCUT2D eigenvalue weighted by atomic mass is 9.92.